The smallest absolute Gasteiger partial charge is 0.274 e. The summed E-state index contributed by atoms with van der Waals surface area (Å²) in [5.74, 6) is -1.19. The molecule has 0 aliphatic rings. The molecule has 0 saturated carbocycles. The van der Waals surface area contributed by atoms with Gasteiger partial charge < -0.3 is 15.5 Å². The molecule has 0 atom stereocenters. The second-order valence-electron chi connectivity index (χ2n) is 5.94. The third-order valence-electron chi connectivity index (χ3n) is 3.90. The van der Waals surface area contributed by atoms with Crippen LogP contribution in [0.4, 0.5) is 15.8 Å². The molecule has 26 heavy (non-hydrogen) atoms. The highest BCUT2D eigenvalue weighted by Crippen LogP contribution is 2.25. The molecule has 0 bridgehead atoms. The van der Waals surface area contributed by atoms with Gasteiger partial charge in [0.05, 0.1) is 23.9 Å². The number of nitrogens with two attached hydrogens (primary N) is 1. The van der Waals surface area contributed by atoms with Crippen molar-refractivity contribution in [3.63, 3.8) is 0 Å². The summed E-state index contributed by atoms with van der Waals surface area (Å²) in [5, 5.41) is 10.8. The maximum absolute atomic E-state index is 14.2. The first-order valence-corrected chi connectivity index (χ1v) is 7.82. The molecule has 0 spiro atoms. The Hall–Kier alpha value is -3.48. The lowest BCUT2D eigenvalue weighted by atomic mass is 10.0. The van der Waals surface area contributed by atoms with Crippen LogP contribution < -0.4 is 11.1 Å². The maximum Gasteiger partial charge on any atom is 0.274 e. The molecule has 0 aliphatic heterocycles. The number of nitrogens with zero attached hydrogens (tertiary/aromatic N) is 1. The van der Waals surface area contributed by atoms with E-state index in [9.17, 15) is 9.18 Å². The summed E-state index contributed by atoms with van der Waals surface area (Å²) in [6, 6.07) is 5.98. The number of aromatic nitrogens is 1. The van der Waals surface area contributed by atoms with Gasteiger partial charge in [0.15, 0.2) is 0 Å². The number of hydrogen-bond acceptors (Lipinski definition) is 5. The van der Waals surface area contributed by atoms with Gasteiger partial charge in [-0.3, -0.25) is 15.2 Å². The van der Waals surface area contributed by atoms with Crippen LogP contribution in [0.1, 0.15) is 32.7 Å². The van der Waals surface area contributed by atoms with Crippen LogP contribution in [0.2, 0.25) is 0 Å². The Morgan fingerprint density at radius 2 is 2.08 bits per heavy atom. The first-order chi connectivity index (χ1) is 12.4. The van der Waals surface area contributed by atoms with Crippen molar-refractivity contribution in [3.05, 3.63) is 76.8 Å². The topological polar surface area (TPSA) is 105 Å². The minimum absolute atomic E-state index is 0.00381. The number of rotatable bonds is 4. The predicted octanol–water partition coefficient (Wildman–Crippen LogP) is 3.68. The van der Waals surface area contributed by atoms with Crippen LogP contribution in [-0.4, -0.2) is 16.6 Å². The van der Waals surface area contributed by atoms with Crippen molar-refractivity contribution in [1.82, 2.24) is 4.98 Å². The zero-order chi connectivity index (χ0) is 18.8. The molecule has 2 aromatic heterocycles. The predicted molar refractivity (Wildman–Crippen MR) is 97.1 cm³/mol. The van der Waals surface area contributed by atoms with Gasteiger partial charge >= 0.3 is 0 Å². The number of benzene rings is 1. The molecule has 1 aromatic carbocycles. The standard InChI is InChI=1S/C19H17FN4O2/c1-10-5-11(2)18(23-8-10)19(25)24-13-6-14(17(22)15(20)7-13)16(21)12-3-4-26-9-12/h3-9,21H,22H2,1-2H3,(H,24,25). The van der Waals surface area contributed by atoms with E-state index in [1.54, 1.807) is 19.2 Å². The molecule has 1 amide bonds. The summed E-state index contributed by atoms with van der Waals surface area (Å²) in [7, 11) is 0. The van der Waals surface area contributed by atoms with Crippen LogP contribution in [0.25, 0.3) is 0 Å². The summed E-state index contributed by atoms with van der Waals surface area (Å²) < 4.78 is 19.2. The molecule has 7 heteroatoms. The number of carbonyl (C=O) groups excluding carboxylic acids is 1. The summed E-state index contributed by atoms with van der Waals surface area (Å²) >= 11 is 0. The third-order valence-corrected chi connectivity index (χ3v) is 3.90. The SMILES string of the molecule is Cc1cnc(C(=O)Nc2cc(F)c(N)c(C(=N)c3ccoc3)c2)c(C)c1. The Balaban J connectivity index is 1.93. The molecule has 132 valence electrons. The maximum atomic E-state index is 14.2. The Labute approximate surface area is 149 Å². The Morgan fingerprint density at radius 1 is 1.31 bits per heavy atom. The van der Waals surface area contributed by atoms with Crippen molar-refractivity contribution in [2.75, 3.05) is 11.1 Å². The normalized spacial score (nSPS) is 10.6. The fraction of sp³-hybridized carbons (Fsp3) is 0.105. The van der Waals surface area contributed by atoms with Crippen LogP contribution in [0.3, 0.4) is 0 Å². The van der Waals surface area contributed by atoms with Crippen molar-refractivity contribution >= 4 is 23.0 Å². The summed E-state index contributed by atoms with van der Waals surface area (Å²) in [5.41, 5.74) is 8.30. The molecule has 0 unspecified atom stereocenters. The number of amides is 1. The molecule has 6 nitrogen and oxygen atoms in total. The largest absolute Gasteiger partial charge is 0.472 e. The van der Waals surface area contributed by atoms with Crippen molar-refractivity contribution in [1.29, 1.82) is 5.41 Å². The Morgan fingerprint density at radius 3 is 2.73 bits per heavy atom. The molecule has 0 aliphatic carbocycles. The highest BCUT2D eigenvalue weighted by atomic mass is 19.1. The molecule has 0 saturated heterocycles. The number of aryl methyl sites for hydroxylation is 2. The molecule has 0 radical (unpaired) electrons. The minimum atomic E-state index is -0.723. The average Bonchev–Trinajstić information content (AvgIpc) is 3.11. The number of nitrogen functional groups attached to an aromatic ring is 1. The van der Waals surface area contributed by atoms with Gasteiger partial charge in [-0.05, 0) is 43.2 Å². The van der Waals surface area contributed by atoms with Crippen molar-refractivity contribution < 1.29 is 13.6 Å². The molecule has 2 heterocycles. The fourth-order valence-electron chi connectivity index (χ4n) is 2.60. The Kier molecular flexibility index (Phi) is 4.53. The number of carbonyl (C=O) groups is 1. The zero-order valence-corrected chi connectivity index (χ0v) is 14.3. The second kappa shape index (κ2) is 6.79. The lowest BCUT2D eigenvalue weighted by Gasteiger charge is -2.12. The van der Waals surface area contributed by atoms with E-state index in [2.05, 4.69) is 10.3 Å². The van der Waals surface area contributed by atoms with E-state index < -0.39 is 11.7 Å². The zero-order valence-electron chi connectivity index (χ0n) is 14.3. The number of hydrogen-bond donors (Lipinski definition) is 3. The molecular weight excluding hydrogens is 335 g/mol. The number of anilines is 2. The van der Waals surface area contributed by atoms with Crippen LogP contribution in [-0.2, 0) is 0 Å². The Bertz CT molecular complexity index is 997. The monoisotopic (exact) mass is 352 g/mol. The van der Waals surface area contributed by atoms with E-state index in [1.807, 2.05) is 13.0 Å². The van der Waals surface area contributed by atoms with Gasteiger partial charge in [0.25, 0.3) is 5.91 Å². The molecule has 3 rings (SSSR count). The van der Waals surface area contributed by atoms with Gasteiger partial charge in [-0.2, -0.15) is 0 Å². The third kappa shape index (κ3) is 3.32. The highest BCUT2D eigenvalue weighted by molar-refractivity contribution is 6.14. The van der Waals surface area contributed by atoms with Gasteiger partial charge in [0.1, 0.15) is 11.5 Å². The first kappa shape index (κ1) is 17.3. The van der Waals surface area contributed by atoms with Crippen LogP contribution in [0, 0.1) is 25.1 Å². The van der Waals surface area contributed by atoms with E-state index in [4.69, 9.17) is 15.6 Å². The number of pyridine rings is 1. The van der Waals surface area contributed by atoms with Crippen molar-refractivity contribution in [2.24, 2.45) is 0 Å². The summed E-state index contributed by atoms with van der Waals surface area (Å²) in [6.45, 7) is 3.66. The van der Waals surface area contributed by atoms with Gasteiger partial charge in [-0.25, -0.2) is 4.39 Å². The lowest BCUT2D eigenvalue weighted by Crippen LogP contribution is -2.16. The second-order valence-corrected chi connectivity index (χ2v) is 5.94. The highest BCUT2D eigenvalue weighted by Gasteiger charge is 2.17. The van der Waals surface area contributed by atoms with E-state index in [-0.39, 0.29) is 28.3 Å². The van der Waals surface area contributed by atoms with Gasteiger partial charge in [-0.15, -0.1) is 0 Å². The van der Waals surface area contributed by atoms with E-state index in [0.717, 1.165) is 11.6 Å². The molecular formula is C19H17FN4O2. The van der Waals surface area contributed by atoms with Crippen molar-refractivity contribution in [3.8, 4) is 0 Å². The van der Waals surface area contributed by atoms with Crippen molar-refractivity contribution in [2.45, 2.75) is 13.8 Å². The lowest BCUT2D eigenvalue weighted by molar-refractivity contribution is 0.102. The number of furan rings is 1. The van der Waals surface area contributed by atoms with Crippen LogP contribution in [0.15, 0.2) is 47.4 Å². The van der Waals surface area contributed by atoms with E-state index >= 15 is 0 Å². The molecule has 4 N–H and O–H groups in total. The first-order valence-electron chi connectivity index (χ1n) is 7.82. The molecule has 0 fully saturated rings. The van der Waals surface area contributed by atoms with Crippen LogP contribution in [0.5, 0.6) is 0 Å². The quantitative estimate of drug-likeness (QED) is 0.492. The summed E-state index contributed by atoms with van der Waals surface area (Å²) in [6.07, 6.45) is 4.36. The summed E-state index contributed by atoms with van der Waals surface area (Å²) in [4.78, 5) is 16.6. The van der Waals surface area contributed by atoms with E-state index in [1.165, 1.54) is 18.6 Å². The van der Waals surface area contributed by atoms with Gasteiger partial charge in [0, 0.05) is 23.0 Å². The number of halogens is 1. The molecule has 3 aromatic rings. The minimum Gasteiger partial charge on any atom is -0.472 e. The van der Waals surface area contributed by atoms with E-state index in [0.29, 0.717) is 11.1 Å². The number of nitrogens with one attached hydrogen (secondary N) is 2. The average molecular weight is 352 g/mol. The van der Waals surface area contributed by atoms with Gasteiger partial charge in [-0.1, -0.05) is 6.07 Å². The van der Waals surface area contributed by atoms with Gasteiger partial charge in [0.2, 0.25) is 0 Å². The fourth-order valence-corrected chi connectivity index (χ4v) is 2.60. The van der Waals surface area contributed by atoms with Crippen LogP contribution >= 0.6 is 0 Å².